The number of allylic oxidation sites excluding steroid dienone is 1. The number of anilines is 1. The van der Waals surface area contributed by atoms with Gasteiger partial charge in [-0.2, -0.15) is 8.42 Å². The summed E-state index contributed by atoms with van der Waals surface area (Å²) in [4.78, 5) is 22.1. The number of nitro benzene ring substituents is 1. The molecule has 0 bridgehead atoms. The number of benzene rings is 2. The summed E-state index contributed by atoms with van der Waals surface area (Å²) in [5.41, 5.74) is 0.196. The zero-order valence-electron chi connectivity index (χ0n) is 15.8. The number of hydrogen-bond donors (Lipinski definition) is 2. The fourth-order valence-electron chi connectivity index (χ4n) is 2.32. The first-order valence-electron chi connectivity index (χ1n) is 8.23. The van der Waals surface area contributed by atoms with Crippen LogP contribution in [0.1, 0.15) is 19.4 Å². The Labute approximate surface area is 166 Å². The number of nitrogens with one attached hydrogen (secondary N) is 1. The maximum absolute atomic E-state index is 12.5. The van der Waals surface area contributed by atoms with Crippen molar-refractivity contribution in [2.75, 3.05) is 5.32 Å². The molecule has 29 heavy (non-hydrogen) atoms. The van der Waals surface area contributed by atoms with Crippen LogP contribution >= 0.6 is 0 Å². The lowest BCUT2D eigenvalue weighted by Gasteiger charge is -2.08. The Morgan fingerprint density at radius 2 is 1.79 bits per heavy atom. The van der Waals surface area contributed by atoms with Crippen LogP contribution in [0, 0.1) is 17.0 Å². The molecule has 2 N–H and O–H groups in total. The number of nitrogens with zero attached hydrogens (tertiary/aromatic N) is 3. The van der Waals surface area contributed by atoms with Gasteiger partial charge in [0.05, 0.1) is 10.6 Å². The van der Waals surface area contributed by atoms with Gasteiger partial charge < -0.3 is 5.32 Å². The van der Waals surface area contributed by atoms with E-state index >= 15 is 0 Å². The molecule has 0 aromatic heterocycles. The molecule has 0 atom stereocenters. The van der Waals surface area contributed by atoms with Crippen molar-refractivity contribution in [1.29, 1.82) is 0 Å². The highest BCUT2D eigenvalue weighted by Crippen LogP contribution is 2.32. The van der Waals surface area contributed by atoms with Crippen molar-refractivity contribution < 1.29 is 22.7 Å². The zero-order chi connectivity index (χ0) is 21.8. The van der Waals surface area contributed by atoms with E-state index in [1.807, 2.05) is 0 Å². The number of hydrogen-bond acceptors (Lipinski definition) is 7. The van der Waals surface area contributed by atoms with E-state index in [4.69, 9.17) is 0 Å². The van der Waals surface area contributed by atoms with E-state index < -0.39 is 31.5 Å². The number of non-ortho nitro benzene ring substituents is 1. The summed E-state index contributed by atoms with van der Waals surface area (Å²) in [6, 6.07) is 10.4. The molecule has 2 aromatic carbocycles. The summed E-state index contributed by atoms with van der Waals surface area (Å²) >= 11 is 0. The zero-order valence-corrected chi connectivity index (χ0v) is 16.6. The topological polar surface area (TPSA) is 151 Å². The van der Waals surface area contributed by atoms with Crippen LogP contribution in [0.2, 0.25) is 0 Å². The lowest BCUT2D eigenvalue weighted by molar-refractivity contribution is -0.385. The van der Waals surface area contributed by atoms with Crippen molar-refractivity contribution in [3.63, 3.8) is 0 Å². The number of azo groups is 1. The summed E-state index contributed by atoms with van der Waals surface area (Å²) in [5.74, 6) is -0.557. The van der Waals surface area contributed by atoms with Gasteiger partial charge in [0.2, 0.25) is 0 Å². The van der Waals surface area contributed by atoms with Gasteiger partial charge >= 0.3 is 0 Å². The molecule has 0 radical (unpaired) electrons. The summed E-state index contributed by atoms with van der Waals surface area (Å²) < 4.78 is 32.4. The molecule has 2 rings (SSSR count). The first-order valence-corrected chi connectivity index (χ1v) is 9.67. The number of carbonyl (C=O) groups excluding carboxylic acids is 1. The number of nitro groups is 1. The first kappa shape index (κ1) is 21.9. The van der Waals surface area contributed by atoms with E-state index in [0.717, 1.165) is 12.1 Å². The molecular formula is C18H18N4O6S. The van der Waals surface area contributed by atoms with Gasteiger partial charge in [-0.25, -0.2) is 0 Å². The summed E-state index contributed by atoms with van der Waals surface area (Å²) in [6.45, 7) is 4.57. The van der Waals surface area contributed by atoms with Gasteiger partial charge in [-0.1, -0.05) is 18.2 Å². The standard InChI is InChI=1S/C18H18N4O6S/c1-11(2)17(18(23)19-13-7-5-4-6-8-13)21-20-15-9-14(22(24)25)10-16(12(15)3)29(26,27)28/h4-10H,1-3H3,(H,19,23)(H,26,27,28). The summed E-state index contributed by atoms with van der Waals surface area (Å²) in [6.07, 6.45) is 0. The molecular weight excluding hydrogens is 400 g/mol. The molecule has 10 nitrogen and oxygen atoms in total. The predicted molar refractivity (Wildman–Crippen MR) is 106 cm³/mol. The second kappa shape index (κ2) is 8.71. The van der Waals surface area contributed by atoms with Gasteiger partial charge in [0.15, 0.2) is 0 Å². The van der Waals surface area contributed by atoms with Gasteiger partial charge in [-0.05, 0) is 44.0 Å². The molecule has 0 aliphatic rings. The van der Waals surface area contributed by atoms with E-state index in [1.54, 1.807) is 44.2 Å². The molecule has 0 unspecified atom stereocenters. The number of rotatable bonds is 6. The van der Waals surface area contributed by atoms with Crippen molar-refractivity contribution in [1.82, 2.24) is 0 Å². The first-order chi connectivity index (χ1) is 13.5. The van der Waals surface area contributed by atoms with Crippen molar-refractivity contribution in [2.45, 2.75) is 25.7 Å². The van der Waals surface area contributed by atoms with Crippen LogP contribution in [0.4, 0.5) is 17.1 Å². The molecule has 2 aromatic rings. The Bertz CT molecular complexity index is 1120. The summed E-state index contributed by atoms with van der Waals surface area (Å²) in [5, 5.41) is 21.4. The number of amides is 1. The van der Waals surface area contributed by atoms with Gasteiger partial charge in [-0.15, -0.1) is 10.2 Å². The normalized spacial score (nSPS) is 11.3. The molecule has 0 fully saturated rings. The Kier molecular flexibility index (Phi) is 6.56. The fourth-order valence-corrected chi connectivity index (χ4v) is 3.09. The van der Waals surface area contributed by atoms with Crippen LogP contribution in [0.3, 0.4) is 0 Å². The second-order valence-electron chi connectivity index (χ2n) is 6.19. The highest BCUT2D eigenvalue weighted by atomic mass is 32.2. The molecule has 0 saturated carbocycles. The molecule has 11 heteroatoms. The van der Waals surface area contributed by atoms with E-state index in [0.29, 0.717) is 11.3 Å². The average Bonchev–Trinajstić information content (AvgIpc) is 2.62. The van der Waals surface area contributed by atoms with Crippen LogP contribution in [0.25, 0.3) is 0 Å². The third kappa shape index (κ3) is 5.53. The quantitative estimate of drug-likeness (QED) is 0.236. The van der Waals surface area contributed by atoms with Crippen LogP contribution in [0.5, 0.6) is 0 Å². The lowest BCUT2D eigenvalue weighted by Crippen LogP contribution is -2.14. The Morgan fingerprint density at radius 1 is 1.17 bits per heavy atom. The van der Waals surface area contributed by atoms with E-state index in [-0.39, 0.29) is 16.9 Å². The van der Waals surface area contributed by atoms with Crippen molar-refractivity contribution >= 4 is 33.1 Å². The highest BCUT2D eigenvalue weighted by Gasteiger charge is 2.22. The Morgan fingerprint density at radius 3 is 2.31 bits per heavy atom. The third-order valence-corrected chi connectivity index (χ3v) is 4.76. The van der Waals surface area contributed by atoms with Crippen LogP contribution in [-0.4, -0.2) is 23.8 Å². The van der Waals surface area contributed by atoms with Crippen molar-refractivity contribution in [3.05, 3.63) is 69.4 Å². The average molecular weight is 418 g/mol. The van der Waals surface area contributed by atoms with Crippen LogP contribution in [-0.2, 0) is 14.9 Å². The minimum atomic E-state index is -4.72. The van der Waals surface area contributed by atoms with Gasteiger partial charge in [0.25, 0.3) is 21.7 Å². The fraction of sp³-hybridized carbons (Fsp3) is 0.167. The number of para-hydroxylation sites is 1. The molecule has 1 amide bonds. The minimum absolute atomic E-state index is 0.0431. The highest BCUT2D eigenvalue weighted by molar-refractivity contribution is 7.85. The Hall–Kier alpha value is -3.44. The Balaban J connectivity index is 2.47. The lowest BCUT2D eigenvalue weighted by atomic mass is 10.2. The number of carbonyl (C=O) groups is 1. The molecule has 0 heterocycles. The van der Waals surface area contributed by atoms with Gasteiger partial charge in [0.1, 0.15) is 10.6 Å². The maximum atomic E-state index is 12.5. The smallest absolute Gasteiger partial charge is 0.295 e. The minimum Gasteiger partial charge on any atom is -0.321 e. The SMILES string of the molecule is CC(C)=C(N=Nc1cc([N+](=O)[O-])cc(S(=O)(=O)O)c1C)C(=O)Nc1ccccc1. The monoisotopic (exact) mass is 418 g/mol. The van der Waals surface area contributed by atoms with Crippen molar-refractivity contribution in [2.24, 2.45) is 10.2 Å². The van der Waals surface area contributed by atoms with E-state index in [1.165, 1.54) is 6.92 Å². The van der Waals surface area contributed by atoms with Gasteiger partial charge in [0, 0.05) is 17.8 Å². The molecule has 0 aliphatic heterocycles. The maximum Gasteiger partial charge on any atom is 0.295 e. The second-order valence-corrected chi connectivity index (χ2v) is 7.58. The van der Waals surface area contributed by atoms with Crippen molar-refractivity contribution in [3.8, 4) is 0 Å². The van der Waals surface area contributed by atoms with E-state index in [9.17, 15) is 27.9 Å². The predicted octanol–water partition coefficient (Wildman–Crippen LogP) is 4.17. The summed E-state index contributed by atoms with van der Waals surface area (Å²) in [7, 11) is -4.72. The van der Waals surface area contributed by atoms with Gasteiger partial charge in [-0.3, -0.25) is 19.5 Å². The molecule has 0 aliphatic carbocycles. The molecule has 0 spiro atoms. The van der Waals surface area contributed by atoms with E-state index in [2.05, 4.69) is 15.5 Å². The molecule has 0 saturated heterocycles. The largest absolute Gasteiger partial charge is 0.321 e. The van der Waals surface area contributed by atoms with Crippen LogP contribution in [0.15, 0.2) is 68.9 Å². The molecule has 152 valence electrons. The third-order valence-electron chi connectivity index (χ3n) is 3.78. The van der Waals surface area contributed by atoms with Crippen LogP contribution < -0.4 is 5.32 Å².